The van der Waals surface area contributed by atoms with E-state index in [2.05, 4.69) is 33.2 Å². The first kappa shape index (κ1) is 19.3. The number of aromatic nitrogens is 1. The summed E-state index contributed by atoms with van der Waals surface area (Å²) >= 11 is 0. The topological polar surface area (TPSA) is 48.5 Å². The van der Waals surface area contributed by atoms with E-state index in [9.17, 15) is 4.79 Å². The zero-order valence-corrected chi connectivity index (χ0v) is 16.2. The fourth-order valence-electron chi connectivity index (χ4n) is 4.29. The van der Waals surface area contributed by atoms with Crippen LogP contribution in [-0.4, -0.2) is 60.0 Å². The molecule has 1 aliphatic heterocycles. The van der Waals surface area contributed by atoms with Gasteiger partial charge in [-0.2, -0.15) is 0 Å². The highest BCUT2D eigenvalue weighted by Gasteiger charge is 2.25. The molecule has 5 nitrogen and oxygen atoms in total. The van der Waals surface area contributed by atoms with Gasteiger partial charge < -0.3 is 10.2 Å². The van der Waals surface area contributed by atoms with Gasteiger partial charge >= 0.3 is 0 Å². The zero-order valence-electron chi connectivity index (χ0n) is 16.2. The van der Waals surface area contributed by atoms with E-state index in [1.165, 1.54) is 37.7 Å². The standard InChI is InChI=1S/C21H34N4O/c1-24-12-9-20(10-13-24)25(16-19-8-5-11-22-14-19)17-21(26)23-15-18-6-3-2-4-7-18/h5,8,11,14,18,20H,2-4,6-7,9-10,12-13,15-17H2,1H3,(H,23,26). The molecule has 0 atom stereocenters. The molecule has 2 fully saturated rings. The maximum atomic E-state index is 12.6. The van der Waals surface area contributed by atoms with Crippen molar-refractivity contribution in [1.82, 2.24) is 20.1 Å². The summed E-state index contributed by atoms with van der Waals surface area (Å²) in [6.07, 6.45) is 12.5. The molecule has 0 spiro atoms. The monoisotopic (exact) mass is 358 g/mol. The van der Waals surface area contributed by atoms with E-state index >= 15 is 0 Å². The molecule has 2 heterocycles. The predicted molar refractivity (Wildman–Crippen MR) is 105 cm³/mol. The minimum Gasteiger partial charge on any atom is -0.355 e. The van der Waals surface area contributed by atoms with Crippen LogP contribution in [0.2, 0.25) is 0 Å². The number of amides is 1. The van der Waals surface area contributed by atoms with Crippen molar-refractivity contribution in [3.63, 3.8) is 0 Å². The van der Waals surface area contributed by atoms with Crippen LogP contribution in [0.3, 0.4) is 0 Å². The van der Waals surface area contributed by atoms with Crippen molar-refractivity contribution in [2.75, 3.05) is 33.2 Å². The van der Waals surface area contributed by atoms with Gasteiger partial charge in [-0.25, -0.2) is 0 Å². The van der Waals surface area contributed by atoms with Crippen LogP contribution in [-0.2, 0) is 11.3 Å². The lowest BCUT2D eigenvalue weighted by atomic mass is 9.89. The van der Waals surface area contributed by atoms with E-state index in [4.69, 9.17) is 0 Å². The molecule has 3 rings (SSSR count). The van der Waals surface area contributed by atoms with Gasteiger partial charge in [0.05, 0.1) is 6.54 Å². The first-order valence-corrected chi connectivity index (χ1v) is 10.3. The fraction of sp³-hybridized carbons (Fsp3) is 0.714. The van der Waals surface area contributed by atoms with E-state index in [-0.39, 0.29) is 5.91 Å². The molecular weight excluding hydrogens is 324 g/mol. The van der Waals surface area contributed by atoms with Crippen LogP contribution < -0.4 is 5.32 Å². The summed E-state index contributed by atoms with van der Waals surface area (Å²) in [6, 6.07) is 4.56. The van der Waals surface area contributed by atoms with Gasteiger partial charge in [0, 0.05) is 31.5 Å². The highest BCUT2D eigenvalue weighted by molar-refractivity contribution is 5.78. The third-order valence-corrected chi connectivity index (χ3v) is 5.97. The Bertz CT molecular complexity index is 536. The molecule has 1 aromatic heterocycles. The number of rotatable bonds is 7. The Labute approximate surface area is 158 Å². The van der Waals surface area contributed by atoms with Crippen molar-refractivity contribution in [3.8, 4) is 0 Å². The summed E-state index contributed by atoms with van der Waals surface area (Å²) in [6.45, 7) is 4.37. The van der Waals surface area contributed by atoms with Gasteiger partial charge in [-0.3, -0.25) is 14.7 Å². The van der Waals surface area contributed by atoms with E-state index in [0.717, 1.165) is 39.0 Å². The smallest absolute Gasteiger partial charge is 0.234 e. The van der Waals surface area contributed by atoms with Gasteiger partial charge in [-0.1, -0.05) is 25.3 Å². The summed E-state index contributed by atoms with van der Waals surface area (Å²) in [5, 5.41) is 3.21. The minimum absolute atomic E-state index is 0.179. The van der Waals surface area contributed by atoms with Crippen molar-refractivity contribution in [3.05, 3.63) is 30.1 Å². The molecule has 26 heavy (non-hydrogen) atoms. The average molecular weight is 359 g/mol. The van der Waals surface area contributed by atoms with Crippen LogP contribution in [0, 0.1) is 5.92 Å². The molecule has 144 valence electrons. The van der Waals surface area contributed by atoms with Crippen molar-refractivity contribution >= 4 is 5.91 Å². The third-order valence-electron chi connectivity index (χ3n) is 5.97. The molecule has 0 unspecified atom stereocenters. The molecule has 1 saturated heterocycles. The molecule has 1 aliphatic carbocycles. The van der Waals surface area contributed by atoms with Gasteiger partial charge in [0.2, 0.25) is 5.91 Å². The van der Waals surface area contributed by atoms with Crippen LogP contribution in [0.5, 0.6) is 0 Å². The van der Waals surface area contributed by atoms with Crippen molar-refractivity contribution in [1.29, 1.82) is 0 Å². The van der Waals surface area contributed by atoms with Crippen molar-refractivity contribution < 1.29 is 4.79 Å². The SMILES string of the molecule is CN1CCC(N(CC(=O)NCC2CCCCC2)Cc2cccnc2)CC1. The van der Waals surface area contributed by atoms with E-state index < -0.39 is 0 Å². The Morgan fingerprint density at radius 1 is 1.23 bits per heavy atom. The first-order valence-electron chi connectivity index (χ1n) is 10.3. The first-order chi connectivity index (χ1) is 12.7. The van der Waals surface area contributed by atoms with Crippen LogP contribution in [0.4, 0.5) is 0 Å². The lowest BCUT2D eigenvalue weighted by Gasteiger charge is -2.37. The van der Waals surface area contributed by atoms with Gasteiger partial charge in [0.25, 0.3) is 0 Å². The molecular formula is C21H34N4O. The van der Waals surface area contributed by atoms with Crippen LogP contribution >= 0.6 is 0 Å². The summed E-state index contributed by atoms with van der Waals surface area (Å²) in [7, 11) is 2.18. The summed E-state index contributed by atoms with van der Waals surface area (Å²) in [4.78, 5) is 21.6. The number of hydrogen-bond acceptors (Lipinski definition) is 4. The van der Waals surface area contributed by atoms with Gasteiger partial charge in [0.15, 0.2) is 0 Å². The summed E-state index contributed by atoms with van der Waals surface area (Å²) in [5.41, 5.74) is 1.19. The van der Waals surface area contributed by atoms with Crippen LogP contribution in [0.15, 0.2) is 24.5 Å². The van der Waals surface area contributed by atoms with Crippen LogP contribution in [0.1, 0.15) is 50.5 Å². The number of hydrogen-bond donors (Lipinski definition) is 1. The van der Waals surface area contributed by atoms with Crippen LogP contribution in [0.25, 0.3) is 0 Å². The molecule has 2 aliphatic rings. The second-order valence-electron chi connectivity index (χ2n) is 8.11. The Hall–Kier alpha value is -1.46. The second-order valence-corrected chi connectivity index (χ2v) is 8.11. The molecule has 0 radical (unpaired) electrons. The Morgan fingerprint density at radius 3 is 2.69 bits per heavy atom. The maximum Gasteiger partial charge on any atom is 0.234 e. The predicted octanol–water partition coefficient (Wildman–Crippen LogP) is 2.67. The largest absolute Gasteiger partial charge is 0.355 e. The number of likely N-dealkylation sites (tertiary alicyclic amines) is 1. The number of pyridine rings is 1. The Kier molecular flexibility index (Phi) is 7.44. The number of carbonyl (C=O) groups is 1. The zero-order chi connectivity index (χ0) is 18.2. The number of carbonyl (C=O) groups excluding carboxylic acids is 1. The molecule has 1 amide bonds. The highest BCUT2D eigenvalue weighted by Crippen LogP contribution is 2.23. The lowest BCUT2D eigenvalue weighted by Crippen LogP contribution is -2.47. The van der Waals surface area contributed by atoms with Gasteiger partial charge in [0.1, 0.15) is 0 Å². The van der Waals surface area contributed by atoms with E-state index in [1.54, 1.807) is 6.20 Å². The molecule has 0 aromatic carbocycles. The van der Waals surface area contributed by atoms with Crippen molar-refractivity contribution in [2.24, 2.45) is 5.92 Å². The Morgan fingerprint density at radius 2 is 2.00 bits per heavy atom. The lowest BCUT2D eigenvalue weighted by molar-refractivity contribution is -0.123. The Balaban J connectivity index is 1.54. The quantitative estimate of drug-likeness (QED) is 0.814. The molecule has 0 bridgehead atoms. The molecule has 5 heteroatoms. The van der Waals surface area contributed by atoms with Gasteiger partial charge in [-0.05, 0) is 63.4 Å². The highest BCUT2D eigenvalue weighted by atomic mass is 16.2. The van der Waals surface area contributed by atoms with Gasteiger partial charge in [-0.15, -0.1) is 0 Å². The van der Waals surface area contributed by atoms with E-state index in [1.807, 2.05) is 12.3 Å². The third kappa shape index (κ3) is 6.06. The fourth-order valence-corrected chi connectivity index (χ4v) is 4.29. The number of piperidine rings is 1. The summed E-state index contributed by atoms with van der Waals surface area (Å²) in [5.74, 6) is 0.862. The minimum atomic E-state index is 0.179. The van der Waals surface area contributed by atoms with Crippen molar-refractivity contribution in [2.45, 2.75) is 57.5 Å². The maximum absolute atomic E-state index is 12.6. The number of nitrogens with zero attached hydrogens (tertiary/aromatic N) is 3. The molecule has 1 saturated carbocycles. The molecule has 1 aromatic rings. The van der Waals surface area contributed by atoms with E-state index in [0.29, 0.717) is 18.5 Å². The second kappa shape index (κ2) is 10.0. The average Bonchev–Trinajstić information content (AvgIpc) is 2.68. The number of nitrogens with one attached hydrogen (secondary N) is 1. The molecule has 1 N–H and O–H groups in total. The normalized spacial score (nSPS) is 20.4. The summed E-state index contributed by atoms with van der Waals surface area (Å²) < 4.78 is 0.